The van der Waals surface area contributed by atoms with E-state index < -0.39 is 6.36 Å². The molecule has 2 saturated heterocycles. The Morgan fingerprint density at radius 2 is 1.05 bits per heavy atom. The lowest BCUT2D eigenvalue weighted by Gasteiger charge is -2.27. The van der Waals surface area contributed by atoms with E-state index in [1.54, 1.807) is 9.80 Å². The number of alkyl halides is 3. The van der Waals surface area contributed by atoms with Crippen molar-refractivity contribution in [3.05, 3.63) is 54.3 Å². The van der Waals surface area contributed by atoms with Crippen LogP contribution in [0.25, 0.3) is 0 Å². The number of amides is 2. The van der Waals surface area contributed by atoms with Crippen LogP contribution in [0.1, 0.15) is 0 Å². The first-order valence-corrected chi connectivity index (χ1v) is 12.0. The lowest BCUT2D eigenvalue weighted by molar-refractivity contribution is -0.274. The van der Waals surface area contributed by atoms with Crippen molar-refractivity contribution < 1.29 is 41.4 Å². The van der Waals surface area contributed by atoms with Gasteiger partial charge in [0.1, 0.15) is 23.1 Å². The zero-order valence-electron chi connectivity index (χ0n) is 20.6. The molecule has 2 amide bonds. The molecule has 13 heteroatoms. The Bertz CT molecular complexity index is 1010. The topological polar surface area (TPSA) is 92.4 Å². The third-order valence-electron chi connectivity index (χ3n) is 5.53. The summed E-state index contributed by atoms with van der Waals surface area (Å²) < 4.78 is 62.9. The summed E-state index contributed by atoms with van der Waals surface area (Å²) in [4.78, 5) is 27.0. The Morgan fingerprint density at radius 3 is 1.45 bits per heavy atom. The second-order valence-corrected chi connectivity index (χ2v) is 8.31. The normalized spacial score (nSPS) is 15.7. The van der Waals surface area contributed by atoms with Gasteiger partial charge in [0.05, 0.1) is 0 Å². The second-order valence-electron chi connectivity index (χ2n) is 8.31. The maximum absolute atomic E-state index is 12.6. The first-order chi connectivity index (χ1) is 18.2. The van der Waals surface area contributed by atoms with Gasteiger partial charge in [-0.15, -0.1) is 13.2 Å². The number of hydrogen-bond donors (Lipinski definition) is 2. The van der Waals surface area contributed by atoms with E-state index in [0.29, 0.717) is 37.7 Å². The molecule has 2 aliphatic heterocycles. The van der Waals surface area contributed by atoms with Gasteiger partial charge in [-0.1, -0.05) is 0 Å². The van der Waals surface area contributed by atoms with Crippen LogP contribution in [0.15, 0.2) is 48.5 Å². The lowest BCUT2D eigenvalue weighted by Crippen LogP contribution is -2.47. The molecule has 4 rings (SSSR count). The number of rotatable bonds is 7. The zero-order valence-corrected chi connectivity index (χ0v) is 20.6. The summed E-state index contributed by atoms with van der Waals surface area (Å²) in [7, 11) is 0. The van der Waals surface area contributed by atoms with Crippen molar-refractivity contribution in [2.24, 2.45) is 0 Å². The van der Waals surface area contributed by atoms with Gasteiger partial charge in [-0.2, -0.15) is 0 Å². The van der Waals surface area contributed by atoms with Crippen LogP contribution in [0.2, 0.25) is 0 Å². The zero-order chi connectivity index (χ0) is 27.4. The Hall–Kier alpha value is -3.58. The van der Waals surface area contributed by atoms with E-state index in [0.717, 1.165) is 38.3 Å². The van der Waals surface area contributed by atoms with Gasteiger partial charge in [0.25, 0.3) is 11.8 Å². The number of ether oxygens (including phenoxy) is 3. The largest absolute Gasteiger partial charge is 0.573 e. The van der Waals surface area contributed by atoms with Gasteiger partial charge in [-0.3, -0.25) is 9.59 Å². The molecule has 0 radical (unpaired) electrons. The number of hydrogen-bond acceptors (Lipinski definition) is 7. The van der Waals surface area contributed by atoms with Gasteiger partial charge in [0.15, 0.2) is 13.2 Å². The molecular formula is C25H30F4N4O5. The second kappa shape index (κ2) is 14.4. The van der Waals surface area contributed by atoms with Crippen molar-refractivity contribution in [3.8, 4) is 17.2 Å². The van der Waals surface area contributed by atoms with Crippen LogP contribution in [0, 0.1) is 5.82 Å². The van der Waals surface area contributed by atoms with Crippen molar-refractivity contribution >= 4 is 11.8 Å². The molecule has 2 fully saturated rings. The Morgan fingerprint density at radius 1 is 0.684 bits per heavy atom. The third-order valence-corrected chi connectivity index (χ3v) is 5.53. The van der Waals surface area contributed by atoms with E-state index in [1.807, 2.05) is 0 Å². The van der Waals surface area contributed by atoms with E-state index >= 15 is 0 Å². The number of benzene rings is 2. The minimum Gasteiger partial charge on any atom is -0.484 e. The fraction of sp³-hybridized carbons (Fsp3) is 0.440. The van der Waals surface area contributed by atoms with Gasteiger partial charge < -0.3 is 34.6 Å². The number of halogens is 4. The van der Waals surface area contributed by atoms with Gasteiger partial charge in [-0.05, 0) is 48.5 Å². The fourth-order valence-corrected chi connectivity index (χ4v) is 3.57. The monoisotopic (exact) mass is 542 g/mol. The molecule has 0 spiro atoms. The SMILES string of the molecule is O=C(COc1ccc(F)cc1)N1CCNCC1.O=C(COc1ccc(OC(F)(F)F)cc1)N1CCNCC1. The van der Waals surface area contributed by atoms with Gasteiger partial charge in [-0.25, -0.2) is 4.39 Å². The van der Waals surface area contributed by atoms with Gasteiger partial charge in [0.2, 0.25) is 0 Å². The van der Waals surface area contributed by atoms with Crippen LogP contribution in [0.5, 0.6) is 17.2 Å². The van der Waals surface area contributed by atoms with Crippen molar-refractivity contribution in [3.63, 3.8) is 0 Å². The molecule has 2 aromatic carbocycles. The molecule has 9 nitrogen and oxygen atoms in total. The van der Waals surface area contributed by atoms with E-state index in [-0.39, 0.29) is 36.6 Å². The molecule has 0 unspecified atom stereocenters. The molecule has 0 bridgehead atoms. The Balaban J connectivity index is 0.000000215. The van der Waals surface area contributed by atoms with E-state index in [1.165, 1.54) is 36.4 Å². The smallest absolute Gasteiger partial charge is 0.484 e. The number of nitrogens with one attached hydrogen (secondary N) is 2. The lowest BCUT2D eigenvalue weighted by atomic mass is 10.3. The predicted molar refractivity (Wildman–Crippen MR) is 129 cm³/mol. The first kappa shape index (κ1) is 29.0. The summed E-state index contributed by atoms with van der Waals surface area (Å²) in [5.41, 5.74) is 0. The molecule has 0 aliphatic carbocycles. The van der Waals surface area contributed by atoms with Gasteiger partial charge in [0, 0.05) is 52.4 Å². The van der Waals surface area contributed by atoms with Crippen molar-refractivity contribution in [2.45, 2.75) is 6.36 Å². The predicted octanol–water partition coefficient (Wildman–Crippen LogP) is 2.03. The molecule has 2 heterocycles. The van der Waals surface area contributed by atoms with E-state index in [9.17, 15) is 27.2 Å². The van der Waals surface area contributed by atoms with Crippen molar-refractivity contribution in [1.82, 2.24) is 20.4 Å². The highest BCUT2D eigenvalue weighted by molar-refractivity contribution is 5.78. The summed E-state index contributed by atoms with van der Waals surface area (Å²) in [5.74, 6) is -0.0000933. The molecule has 0 saturated carbocycles. The highest BCUT2D eigenvalue weighted by atomic mass is 19.4. The summed E-state index contributed by atoms with van der Waals surface area (Å²) in [6, 6.07) is 10.6. The Kier molecular flexibility index (Phi) is 11.0. The molecule has 2 N–H and O–H groups in total. The number of carbonyl (C=O) groups excluding carboxylic acids is 2. The summed E-state index contributed by atoms with van der Waals surface area (Å²) in [6.07, 6.45) is -4.72. The number of piperazine rings is 2. The minimum atomic E-state index is -4.72. The van der Waals surface area contributed by atoms with Crippen LogP contribution < -0.4 is 24.8 Å². The average molecular weight is 543 g/mol. The third kappa shape index (κ3) is 10.4. The van der Waals surface area contributed by atoms with Crippen LogP contribution in [0.4, 0.5) is 17.6 Å². The minimum absolute atomic E-state index is 0.00559. The first-order valence-electron chi connectivity index (χ1n) is 12.0. The molecule has 0 atom stereocenters. The van der Waals surface area contributed by atoms with Crippen LogP contribution in [-0.2, 0) is 9.59 Å². The number of carbonyl (C=O) groups is 2. The molecule has 2 aromatic rings. The standard InChI is InChI=1S/C13H15F3N2O3.C12H15FN2O2/c14-13(15,16)21-11-3-1-10(2-4-11)20-9-12(19)18-7-5-17-6-8-18;13-10-1-3-11(4-2-10)17-9-12(16)15-7-5-14-6-8-15/h1-4,17H,5-9H2;1-4,14H,5-9H2. The van der Waals surface area contributed by atoms with Crippen LogP contribution in [0.3, 0.4) is 0 Å². The summed E-state index contributed by atoms with van der Waals surface area (Å²) in [5, 5.41) is 6.30. The maximum atomic E-state index is 12.6. The molecule has 2 aliphatic rings. The summed E-state index contributed by atoms with van der Waals surface area (Å²) >= 11 is 0. The van der Waals surface area contributed by atoms with Crippen LogP contribution in [-0.4, -0.2) is 93.5 Å². The molecule has 38 heavy (non-hydrogen) atoms. The summed E-state index contributed by atoms with van der Waals surface area (Å²) in [6.45, 7) is 5.68. The van der Waals surface area contributed by atoms with Crippen LogP contribution >= 0.6 is 0 Å². The van der Waals surface area contributed by atoms with E-state index in [2.05, 4.69) is 15.4 Å². The number of nitrogens with zero attached hydrogens (tertiary/aromatic N) is 2. The van der Waals surface area contributed by atoms with Gasteiger partial charge >= 0.3 is 6.36 Å². The quantitative estimate of drug-likeness (QED) is 0.518. The molecule has 0 aromatic heterocycles. The fourth-order valence-electron chi connectivity index (χ4n) is 3.57. The average Bonchev–Trinajstić information content (AvgIpc) is 2.92. The molecule has 208 valence electrons. The highest BCUT2D eigenvalue weighted by Gasteiger charge is 2.31. The van der Waals surface area contributed by atoms with Crippen molar-refractivity contribution in [2.75, 3.05) is 65.6 Å². The Labute approximate surface area is 217 Å². The van der Waals surface area contributed by atoms with E-state index in [4.69, 9.17) is 9.47 Å². The highest BCUT2D eigenvalue weighted by Crippen LogP contribution is 2.24. The van der Waals surface area contributed by atoms with Crippen molar-refractivity contribution in [1.29, 1.82) is 0 Å². The molecular weight excluding hydrogens is 512 g/mol. The maximum Gasteiger partial charge on any atom is 0.573 e.